The number of hydrogen-bond donors (Lipinski definition) is 0. The Labute approximate surface area is 78.7 Å². The first kappa shape index (κ1) is 7.52. The van der Waals surface area contributed by atoms with Gasteiger partial charge in [-0.05, 0) is 11.8 Å². The average molecular weight is 264 g/mol. The zero-order chi connectivity index (χ0) is 8.06. The van der Waals surface area contributed by atoms with Crippen molar-refractivity contribution in [3.63, 3.8) is 0 Å². The van der Waals surface area contributed by atoms with Crippen molar-refractivity contribution in [1.82, 2.24) is 10.1 Å². The second-order valence-corrected chi connectivity index (χ2v) is 4.61. The minimum Gasteiger partial charge on any atom is -0.338 e. The molecule has 1 fully saturated rings. The van der Waals surface area contributed by atoms with E-state index in [-0.39, 0.29) is 0 Å². The van der Waals surface area contributed by atoms with Gasteiger partial charge in [0.25, 0.3) is 0 Å². The lowest BCUT2D eigenvalue weighted by Crippen LogP contribution is -1.89. The third-order valence-corrected chi connectivity index (χ3v) is 2.67. The van der Waals surface area contributed by atoms with E-state index in [4.69, 9.17) is 4.52 Å². The van der Waals surface area contributed by atoms with E-state index >= 15 is 0 Å². The second kappa shape index (κ2) is 2.18. The van der Waals surface area contributed by atoms with E-state index in [1.807, 2.05) is 0 Å². The molecular weight excluding hydrogens is 255 g/mol. The van der Waals surface area contributed by atoms with Crippen LogP contribution in [0.25, 0.3) is 0 Å². The normalized spacial score (nSPS) is 27.0. The van der Waals surface area contributed by atoms with E-state index in [9.17, 15) is 0 Å². The predicted octanol–water partition coefficient (Wildman–Crippen LogP) is 2.19. The summed E-state index contributed by atoms with van der Waals surface area (Å²) in [5.74, 6) is 1.30. The standard InChI is InChI=1S/C7H9IN2O/c1-7(2)3-4(7)5-9-6(8)10-11-5/h4H,3H2,1-2H3. The van der Waals surface area contributed by atoms with E-state index in [0.29, 0.717) is 15.2 Å². The molecule has 1 aromatic rings. The maximum Gasteiger partial charge on any atom is 0.232 e. The van der Waals surface area contributed by atoms with E-state index in [2.05, 4.69) is 46.6 Å². The van der Waals surface area contributed by atoms with Crippen LogP contribution in [0.4, 0.5) is 0 Å². The SMILES string of the molecule is CC1(C)CC1c1nc(I)no1. The number of hydrogen-bond acceptors (Lipinski definition) is 3. The van der Waals surface area contributed by atoms with Gasteiger partial charge in [-0.15, -0.1) is 0 Å². The molecule has 0 amide bonds. The molecular formula is C7H9IN2O. The topological polar surface area (TPSA) is 38.9 Å². The summed E-state index contributed by atoms with van der Waals surface area (Å²) in [6.07, 6.45) is 1.17. The minimum absolute atomic E-state index is 0.385. The molecule has 3 nitrogen and oxygen atoms in total. The van der Waals surface area contributed by atoms with Crippen LogP contribution in [0.1, 0.15) is 32.1 Å². The zero-order valence-electron chi connectivity index (χ0n) is 6.47. The summed E-state index contributed by atoms with van der Waals surface area (Å²) in [6, 6.07) is 0. The molecule has 0 saturated heterocycles. The maximum atomic E-state index is 5.06. The summed E-state index contributed by atoms with van der Waals surface area (Å²) < 4.78 is 5.76. The van der Waals surface area contributed by atoms with Gasteiger partial charge < -0.3 is 4.52 Å². The highest BCUT2D eigenvalue weighted by Crippen LogP contribution is 2.57. The molecule has 2 rings (SSSR count). The molecule has 1 aliphatic carbocycles. The maximum absolute atomic E-state index is 5.06. The number of rotatable bonds is 1. The van der Waals surface area contributed by atoms with Crippen LogP contribution in [0.3, 0.4) is 0 Å². The first-order chi connectivity index (χ1) is 5.09. The molecule has 0 bridgehead atoms. The van der Waals surface area contributed by atoms with Gasteiger partial charge in [0.1, 0.15) is 0 Å². The first-order valence-electron chi connectivity index (χ1n) is 3.59. The number of aromatic nitrogens is 2. The molecule has 0 N–H and O–H groups in total. The van der Waals surface area contributed by atoms with Crippen molar-refractivity contribution in [2.45, 2.75) is 26.2 Å². The summed E-state index contributed by atoms with van der Waals surface area (Å²) in [6.45, 7) is 4.43. The van der Waals surface area contributed by atoms with Crippen molar-refractivity contribution in [2.75, 3.05) is 0 Å². The highest BCUT2D eigenvalue weighted by molar-refractivity contribution is 14.1. The van der Waals surface area contributed by atoms with Crippen LogP contribution in [-0.2, 0) is 0 Å². The Bertz CT molecular complexity index is 282. The fourth-order valence-corrected chi connectivity index (χ4v) is 1.58. The third kappa shape index (κ3) is 1.28. The lowest BCUT2D eigenvalue weighted by atomic mass is 10.1. The monoisotopic (exact) mass is 264 g/mol. The molecule has 11 heavy (non-hydrogen) atoms. The highest BCUT2D eigenvalue weighted by atomic mass is 127. The number of nitrogens with zero attached hydrogens (tertiary/aromatic N) is 2. The average Bonchev–Trinajstić information content (AvgIpc) is 2.39. The smallest absolute Gasteiger partial charge is 0.232 e. The van der Waals surface area contributed by atoms with Gasteiger partial charge in [-0.2, -0.15) is 4.98 Å². The summed E-state index contributed by atoms with van der Waals surface area (Å²) in [4.78, 5) is 4.18. The summed E-state index contributed by atoms with van der Waals surface area (Å²) in [5, 5.41) is 3.74. The molecule has 1 aliphatic rings. The summed E-state index contributed by atoms with van der Waals surface area (Å²) in [7, 11) is 0. The molecule has 0 aromatic carbocycles. The molecule has 4 heteroatoms. The Morgan fingerprint density at radius 3 is 2.64 bits per heavy atom. The van der Waals surface area contributed by atoms with Gasteiger partial charge in [0.2, 0.25) is 9.72 Å². The van der Waals surface area contributed by atoms with Gasteiger partial charge in [0.15, 0.2) is 0 Å². The largest absolute Gasteiger partial charge is 0.338 e. The van der Waals surface area contributed by atoms with Crippen LogP contribution in [0, 0.1) is 9.25 Å². The lowest BCUT2D eigenvalue weighted by molar-refractivity contribution is 0.364. The van der Waals surface area contributed by atoms with Crippen LogP contribution >= 0.6 is 22.6 Å². The van der Waals surface area contributed by atoms with Crippen molar-refractivity contribution >= 4 is 22.6 Å². The molecule has 0 aliphatic heterocycles. The molecule has 60 valence electrons. The fraction of sp³-hybridized carbons (Fsp3) is 0.714. The molecule has 1 unspecified atom stereocenters. The first-order valence-corrected chi connectivity index (χ1v) is 4.66. The second-order valence-electron chi connectivity index (χ2n) is 3.65. The van der Waals surface area contributed by atoms with Gasteiger partial charge in [-0.3, -0.25) is 0 Å². The Morgan fingerprint density at radius 2 is 2.27 bits per heavy atom. The van der Waals surface area contributed by atoms with Crippen LogP contribution in [0.5, 0.6) is 0 Å². The molecule has 1 saturated carbocycles. The van der Waals surface area contributed by atoms with Crippen LogP contribution in [0.2, 0.25) is 0 Å². The predicted molar refractivity (Wildman–Crippen MR) is 48.2 cm³/mol. The highest BCUT2D eigenvalue weighted by Gasteiger charge is 2.50. The van der Waals surface area contributed by atoms with Crippen LogP contribution in [0.15, 0.2) is 4.52 Å². The van der Waals surface area contributed by atoms with Gasteiger partial charge in [0.05, 0.1) is 0 Å². The van der Waals surface area contributed by atoms with Crippen molar-refractivity contribution in [3.8, 4) is 0 Å². The summed E-state index contributed by atoms with van der Waals surface area (Å²) >= 11 is 2.06. The van der Waals surface area contributed by atoms with Crippen molar-refractivity contribution in [2.24, 2.45) is 5.41 Å². The molecule has 1 heterocycles. The van der Waals surface area contributed by atoms with Crippen LogP contribution < -0.4 is 0 Å². The number of halogens is 1. The molecule has 1 aromatic heterocycles. The molecule has 0 radical (unpaired) electrons. The van der Waals surface area contributed by atoms with Gasteiger partial charge >= 0.3 is 0 Å². The lowest BCUT2D eigenvalue weighted by Gasteiger charge is -1.95. The van der Waals surface area contributed by atoms with E-state index in [1.165, 1.54) is 6.42 Å². The van der Waals surface area contributed by atoms with Crippen molar-refractivity contribution in [1.29, 1.82) is 0 Å². The summed E-state index contributed by atoms with van der Waals surface area (Å²) in [5.41, 5.74) is 0.385. The van der Waals surface area contributed by atoms with Gasteiger partial charge in [-0.25, -0.2) is 0 Å². The zero-order valence-corrected chi connectivity index (χ0v) is 8.62. The quantitative estimate of drug-likeness (QED) is 0.730. The van der Waals surface area contributed by atoms with Gasteiger partial charge in [-0.1, -0.05) is 19.0 Å². The van der Waals surface area contributed by atoms with Crippen LogP contribution in [-0.4, -0.2) is 10.1 Å². The van der Waals surface area contributed by atoms with Crippen molar-refractivity contribution < 1.29 is 4.52 Å². The third-order valence-electron chi connectivity index (χ3n) is 2.23. The van der Waals surface area contributed by atoms with Crippen molar-refractivity contribution in [3.05, 3.63) is 9.72 Å². The molecule has 0 spiro atoms. The van der Waals surface area contributed by atoms with E-state index in [1.54, 1.807) is 0 Å². The minimum atomic E-state index is 0.385. The van der Waals surface area contributed by atoms with E-state index in [0.717, 1.165) is 5.89 Å². The Hall–Kier alpha value is -0.130. The van der Waals surface area contributed by atoms with E-state index < -0.39 is 0 Å². The fourth-order valence-electron chi connectivity index (χ4n) is 1.25. The Morgan fingerprint density at radius 1 is 1.64 bits per heavy atom. The molecule has 1 atom stereocenters. The van der Waals surface area contributed by atoms with Gasteiger partial charge in [0, 0.05) is 28.5 Å². The Balaban J connectivity index is 2.20. The Kier molecular flexibility index (Phi) is 1.49.